The Morgan fingerprint density at radius 1 is 0.929 bits per heavy atom. The molecule has 0 spiro atoms. The summed E-state index contributed by atoms with van der Waals surface area (Å²) in [6.07, 6.45) is -2.33. The van der Waals surface area contributed by atoms with Gasteiger partial charge in [0.25, 0.3) is 0 Å². The molecular formula is CCa2O9STi. The van der Waals surface area contributed by atoms with Crippen LogP contribution in [0.15, 0.2) is 0 Å². The van der Waals surface area contributed by atoms with E-state index >= 15 is 0 Å². The van der Waals surface area contributed by atoms with Gasteiger partial charge in [-0.25, -0.2) is 0 Å². The quantitative estimate of drug-likeness (QED) is 0.242. The second-order valence-corrected chi connectivity index (χ2v) is 1.47. The first kappa shape index (κ1) is 44.1. The van der Waals surface area contributed by atoms with Crippen LogP contribution in [0.4, 0.5) is 4.79 Å². The molecule has 0 aromatic rings. The Labute approximate surface area is 154 Å². The molecule has 0 aromatic carbocycles. The Bertz CT molecular complexity index is 165. The van der Waals surface area contributed by atoms with Gasteiger partial charge in [0.2, 0.25) is 0 Å². The Kier molecular flexibility index (Phi) is 77.2. The average molecular weight is 316 g/mol. The summed E-state index contributed by atoms with van der Waals surface area (Å²) in [7, 11) is -5.17. The van der Waals surface area contributed by atoms with Gasteiger partial charge in [-0.3, -0.25) is 8.42 Å². The van der Waals surface area contributed by atoms with Gasteiger partial charge in [0.15, 0.2) is 0 Å². The van der Waals surface area contributed by atoms with Crippen molar-refractivity contribution in [1.29, 1.82) is 0 Å². The zero-order chi connectivity index (χ0) is 8.08. The average Bonchev–Trinajstić information content (AvgIpc) is 1.19. The van der Waals surface area contributed by atoms with Crippen LogP contribution in [0.2, 0.25) is 0 Å². The molecule has 0 saturated carbocycles. The summed E-state index contributed by atoms with van der Waals surface area (Å²) in [5.41, 5.74) is 0. The summed E-state index contributed by atoms with van der Waals surface area (Å²) >= 11 is 0. The van der Waals surface area contributed by atoms with E-state index in [-0.39, 0.29) is 108 Å². The van der Waals surface area contributed by atoms with Crippen molar-refractivity contribution in [2.45, 2.75) is 0 Å². The molecule has 0 aliphatic carbocycles. The van der Waals surface area contributed by atoms with E-state index in [1.807, 2.05) is 0 Å². The van der Waals surface area contributed by atoms with Crippen LogP contribution in [-0.2, 0) is 43.1 Å². The largest absolute Gasteiger partial charge is 4.00 e. The normalized spacial score (nSPS) is 5.86. The summed E-state index contributed by atoms with van der Waals surface area (Å²) in [5, 5.41) is 16.7. The zero-order valence-corrected chi connectivity index (χ0v) is 13.3. The van der Waals surface area contributed by atoms with E-state index in [1.165, 1.54) is 0 Å². The fourth-order valence-electron chi connectivity index (χ4n) is 0. The van der Waals surface area contributed by atoms with Crippen molar-refractivity contribution in [1.82, 2.24) is 0 Å². The molecule has 0 radical (unpaired) electrons. The molecule has 0 aliphatic heterocycles. The van der Waals surface area contributed by atoms with Crippen LogP contribution in [0.5, 0.6) is 0 Å². The molecule has 0 N–H and O–H groups in total. The van der Waals surface area contributed by atoms with Gasteiger partial charge in [0.1, 0.15) is 0 Å². The van der Waals surface area contributed by atoms with Gasteiger partial charge in [-0.15, -0.1) is 0 Å². The predicted molar refractivity (Wildman–Crippen MR) is 28.8 cm³/mol. The van der Waals surface area contributed by atoms with Gasteiger partial charge < -0.3 is 35.1 Å². The number of carboxylic acid groups (broad SMARTS) is 2. The Morgan fingerprint density at radius 3 is 0.929 bits per heavy atom. The monoisotopic (exact) mass is 316 g/mol. The third-order valence-corrected chi connectivity index (χ3v) is 0. The third kappa shape index (κ3) is 480. The minimum Gasteiger partial charge on any atom is -2.00 e. The number of carbonyl (C=O) groups excluding carboxylic acids is 1. The van der Waals surface area contributed by atoms with Crippen LogP contribution in [0.3, 0.4) is 0 Å². The molecule has 14 heavy (non-hydrogen) atoms. The molecule has 0 aliphatic rings. The van der Waals surface area contributed by atoms with Crippen molar-refractivity contribution in [2.24, 2.45) is 0 Å². The fraction of sp³-hybridized carbons (Fsp3) is 0. The van der Waals surface area contributed by atoms with Crippen LogP contribution in [0.1, 0.15) is 0 Å². The number of carbonyl (C=O) groups is 1. The summed E-state index contributed by atoms with van der Waals surface area (Å²) in [6.45, 7) is 0. The SMILES string of the molecule is O=C([O-])[O-].O=S(=O)([O-])[O-].[Ca+2].[Ca+2].[O-2].[O-2].[Ti+4]. The Hall–Kier alpha value is 2.29. The van der Waals surface area contributed by atoms with E-state index < -0.39 is 16.6 Å². The number of rotatable bonds is 0. The van der Waals surface area contributed by atoms with E-state index in [0.29, 0.717) is 0 Å². The number of hydrogen-bond acceptors (Lipinski definition) is 7. The molecule has 13 heteroatoms. The minimum absolute atomic E-state index is 0. The first-order chi connectivity index (χ1) is 3.73. The first-order valence-electron chi connectivity index (χ1n) is 1.28. The van der Waals surface area contributed by atoms with Crippen molar-refractivity contribution in [2.75, 3.05) is 0 Å². The van der Waals surface area contributed by atoms with E-state index in [4.69, 9.17) is 32.5 Å². The van der Waals surface area contributed by atoms with Crippen molar-refractivity contribution < 1.29 is 65.2 Å². The molecule has 9 nitrogen and oxygen atoms in total. The van der Waals surface area contributed by atoms with Crippen molar-refractivity contribution in [3.63, 3.8) is 0 Å². The smallest absolute Gasteiger partial charge is 2.00 e. The molecule has 0 saturated heterocycles. The second kappa shape index (κ2) is 24.5. The Morgan fingerprint density at radius 2 is 0.929 bits per heavy atom. The van der Waals surface area contributed by atoms with Gasteiger partial charge in [0.05, 0.1) is 0 Å². The topological polar surface area (TPSA) is 200 Å². The molecule has 0 fully saturated rings. The first-order valence-corrected chi connectivity index (χ1v) is 2.61. The molecule has 0 amide bonds. The van der Waals surface area contributed by atoms with Crippen LogP contribution in [0, 0.1) is 0 Å². The van der Waals surface area contributed by atoms with Crippen molar-refractivity contribution >= 4 is 92.0 Å². The molecule has 0 rings (SSSR count). The van der Waals surface area contributed by atoms with Gasteiger partial charge in [-0.05, 0) is 6.16 Å². The molecular weight excluding hydrogens is 316 g/mol. The van der Waals surface area contributed by atoms with Crippen LogP contribution >= 0.6 is 0 Å². The van der Waals surface area contributed by atoms with E-state index in [2.05, 4.69) is 0 Å². The Balaban J connectivity index is -0.0000000104. The van der Waals surface area contributed by atoms with E-state index in [0.717, 1.165) is 0 Å². The van der Waals surface area contributed by atoms with Crippen molar-refractivity contribution in [3.8, 4) is 0 Å². The molecule has 0 atom stereocenters. The third-order valence-electron chi connectivity index (χ3n) is 0. The molecule has 72 valence electrons. The van der Waals surface area contributed by atoms with Gasteiger partial charge in [-0.1, -0.05) is 0 Å². The summed E-state index contributed by atoms with van der Waals surface area (Å²) in [5.74, 6) is 0. The molecule has 0 heterocycles. The standard InChI is InChI=1S/CH2O3.2Ca.H2O4S.2O.Ti/c2-1(3)4;;;1-5(2,3)4;;;/h(H2,2,3,4);;;(H2,1,2,3,4);;;/q;2*+2;;2*-2;+4/p-4. The summed E-state index contributed by atoms with van der Waals surface area (Å²) < 4.78 is 34.1. The van der Waals surface area contributed by atoms with E-state index in [9.17, 15) is 0 Å². The molecule has 0 bridgehead atoms. The van der Waals surface area contributed by atoms with Gasteiger partial charge >= 0.3 is 97.2 Å². The predicted octanol–water partition coefficient (Wildman–Crippen LogP) is -4.79. The maximum absolute atomic E-state index is 8.52. The van der Waals surface area contributed by atoms with Gasteiger partial charge in [-0.2, -0.15) is 0 Å². The fourth-order valence-corrected chi connectivity index (χ4v) is 0. The van der Waals surface area contributed by atoms with Crippen LogP contribution in [0.25, 0.3) is 0 Å². The second-order valence-electron chi connectivity index (χ2n) is 0.658. The van der Waals surface area contributed by atoms with E-state index in [1.54, 1.807) is 0 Å². The van der Waals surface area contributed by atoms with Crippen molar-refractivity contribution in [3.05, 3.63) is 0 Å². The summed E-state index contributed by atoms with van der Waals surface area (Å²) in [6, 6.07) is 0. The summed E-state index contributed by atoms with van der Waals surface area (Å²) in [4.78, 5) is 8.33. The number of hydrogen-bond donors (Lipinski definition) is 0. The zero-order valence-electron chi connectivity index (χ0n) is 6.50. The van der Waals surface area contributed by atoms with Gasteiger partial charge in [0, 0.05) is 10.4 Å². The molecule has 0 aromatic heterocycles. The van der Waals surface area contributed by atoms with Crippen LogP contribution < -0.4 is 10.2 Å². The maximum Gasteiger partial charge on any atom is 4.00 e. The maximum atomic E-state index is 8.52. The minimum atomic E-state index is -5.17. The molecule has 0 unspecified atom stereocenters. The van der Waals surface area contributed by atoms with Crippen LogP contribution in [-0.4, -0.2) is 99.2 Å².